The molecule has 0 fully saturated rings. The molecule has 7 nitrogen and oxygen atoms in total. The lowest BCUT2D eigenvalue weighted by atomic mass is 10.2. The summed E-state index contributed by atoms with van der Waals surface area (Å²) in [6.07, 6.45) is 7.09. The van der Waals surface area contributed by atoms with Crippen molar-refractivity contribution in [3.63, 3.8) is 0 Å². The third kappa shape index (κ3) is 11.1. The van der Waals surface area contributed by atoms with Gasteiger partial charge in [-0.2, -0.15) is 4.21 Å². The number of benzene rings is 1. The van der Waals surface area contributed by atoms with Crippen molar-refractivity contribution in [2.45, 2.75) is 6.92 Å². The van der Waals surface area contributed by atoms with Gasteiger partial charge in [-0.05, 0) is 36.8 Å². The number of pyridine rings is 1. The summed E-state index contributed by atoms with van der Waals surface area (Å²) in [4.78, 5) is 14.1. The maximum Gasteiger partial charge on any atom is 0.299 e. The van der Waals surface area contributed by atoms with E-state index in [1.54, 1.807) is 25.4 Å². The predicted molar refractivity (Wildman–Crippen MR) is 93.9 cm³/mol. The largest absolute Gasteiger partial charge is 0.497 e. The number of aromatic nitrogens is 1. The standard InChI is InChI=1S/C10H12O.C6H6N2O.H2O3S/c1-3-4-9-5-7-10(11-2)8-6-9;7-6(9)5-2-1-3-8-4-5;1-4(2)3/h3-8H,1-2H3;1-4H,(H2,7,9);(H2,1,2,3). The minimum absolute atomic E-state index is 0.442. The average Bonchev–Trinajstić information content (AvgIpc) is 2.57. The zero-order valence-corrected chi connectivity index (χ0v) is 14.1. The quantitative estimate of drug-likeness (QED) is 0.730. The van der Waals surface area contributed by atoms with Gasteiger partial charge in [-0.3, -0.25) is 18.9 Å². The summed E-state index contributed by atoms with van der Waals surface area (Å²) in [5, 5.41) is 0. The van der Waals surface area contributed by atoms with Crippen molar-refractivity contribution in [3.8, 4) is 5.75 Å². The number of primary amides is 1. The second-order valence-corrected chi connectivity index (χ2v) is 4.57. The zero-order chi connectivity index (χ0) is 18.4. The van der Waals surface area contributed by atoms with Crippen molar-refractivity contribution in [1.82, 2.24) is 4.98 Å². The number of rotatable bonds is 3. The molecule has 130 valence electrons. The fourth-order valence-electron chi connectivity index (χ4n) is 1.42. The third-order valence-electron chi connectivity index (χ3n) is 2.42. The van der Waals surface area contributed by atoms with Gasteiger partial charge in [0.15, 0.2) is 0 Å². The number of hydrogen-bond donors (Lipinski definition) is 3. The first-order valence-corrected chi connectivity index (χ1v) is 7.73. The summed E-state index contributed by atoms with van der Waals surface area (Å²) < 4.78 is 27.9. The fourth-order valence-corrected chi connectivity index (χ4v) is 1.42. The van der Waals surface area contributed by atoms with Crippen LogP contribution in [0.4, 0.5) is 0 Å². The highest BCUT2D eigenvalue weighted by Gasteiger charge is 1.94. The Bertz CT molecular complexity index is 641. The number of carbonyl (C=O) groups excluding carboxylic acids is 1. The molecule has 4 N–H and O–H groups in total. The Kier molecular flexibility index (Phi) is 11.6. The first-order valence-electron chi connectivity index (χ1n) is 6.67. The Balaban J connectivity index is 0.000000367. The lowest BCUT2D eigenvalue weighted by Crippen LogP contribution is -2.10. The zero-order valence-electron chi connectivity index (χ0n) is 13.3. The van der Waals surface area contributed by atoms with Gasteiger partial charge in [-0.15, -0.1) is 0 Å². The van der Waals surface area contributed by atoms with E-state index < -0.39 is 17.3 Å². The number of nitrogens with zero attached hydrogens (tertiary/aromatic N) is 1. The van der Waals surface area contributed by atoms with Crippen LogP contribution in [0.1, 0.15) is 22.8 Å². The second kappa shape index (κ2) is 12.9. The van der Waals surface area contributed by atoms with E-state index in [1.165, 1.54) is 11.8 Å². The van der Waals surface area contributed by atoms with Crippen molar-refractivity contribution >= 4 is 23.3 Å². The molecule has 0 atom stereocenters. The van der Waals surface area contributed by atoms with Crippen molar-refractivity contribution in [2.24, 2.45) is 5.73 Å². The van der Waals surface area contributed by atoms with Gasteiger partial charge >= 0.3 is 0 Å². The lowest BCUT2D eigenvalue weighted by Gasteiger charge is -1.98. The number of allylic oxidation sites excluding steroid dienone is 1. The minimum atomic E-state index is -2.61. The molecule has 0 bridgehead atoms. The smallest absolute Gasteiger partial charge is 0.299 e. The molecule has 1 aromatic heterocycles. The number of carbonyl (C=O) groups is 1. The van der Waals surface area contributed by atoms with Crippen molar-refractivity contribution in [2.75, 3.05) is 7.11 Å². The summed E-state index contributed by atoms with van der Waals surface area (Å²) in [7, 11) is 1.67. The van der Waals surface area contributed by atoms with Crippen LogP contribution in [0.25, 0.3) is 6.08 Å². The first kappa shape index (κ1) is 21.4. The number of hydrogen-bond acceptors (Lipinski definition) is 4. The highest BCUT2D eigenvalue weighted by atomic mass is 32.2. The number of ether oxygens (including phenoxy) is 1. The van der Waals surface area contributed by atoms with E-state index in [9.17, 15) is 4.79 Å². The Hall–Kier alpha value is -2.55. The van der Waals surface area contributed by atoms with Gasteiger partial charge < -0.3 is 10.5 Å². The summed E-state index contributed by atoms with van der Waals surface area (Å²) in [6, 6.07) is 11.2. The third-order valence-corrected chi connectivity index (χ3v) is 2.42. The molecule has 0 radical (unpaired) electrons. The van der Waals surface area contributed by atoms with E-state index in [1.807, 2.05) is 37.3 Å². The van der Waals surface area contributed by atoms with E-state index in [0.29, 0.717) is 5.56 Å². The summed E-state index contributed by atoms with van der Waals surface area (Å²) in [5.74, 6) is 0.460. The van der Waals surface area contributed by atoms with E-state index in [2.05, 4.69) is 11.1 Å². The molecular weight excluding hydrogens is 332 g/mol. The van der Waals surface area contributed by atoms with Gasteiger partial charge in [0, 0.05) is 12.4 Å². The predicted octanol–water partition coefficient (Wildman–Crippen LogP) is 2.59. The highest BCUT2D eigenvalue weighted by Crippen LogP contribution is 2.11. The molecule has 8 heteroatoms. The van der Waals surface area contributed by atoms with Crippen LogP contribution in [0.5, 0.6) is 5.75 Å². The van der Waals surface area contributed by atoms with Crippen LogP contribution < -0.4 is 10.5 Å². The van der Waals surface area contributed by atoms with Gasteiger partial charge in [0.25, 0.3) is 11.4 Å². The molecule has 1 heterocycles. The van der Waals surface area contributed by atoms with Gasteiger partial charge in [0.2, 0.25) is 5.91 Å². The molecule has 1 aromatic carbocycles. The Labute approximate surface area is 143 Å². The molecule has 0 aliphatic carbocycles. The SMILES string of the molecule is CC=Cc1ccc(OC)cc1.NC(=O)c1cccnc1.O=S(O)O. The molecule has 0 spiro atoms. The molecule has 0 saturated carbocycles. The highest BCUT2D eigenvalue weighted by molar-refractivity contribution is 7.73. The fraction of sp³-hybridized carbons (Fsp3) is 0.125. The molecule has 0 unspecified atom stereocenters. The molecular formula is C16H20N2O5S. The second-order valence-electron chi connectivity index (χ2n) is 4.11. The minimum Gasteiger partial charge on any atom is -0.497 e. The topological polar surface area (TPSA) is 123 Å². The van der Waals surface area contributed by atoms with E-state index in [4.69, 9.17) is 23.8 Å². The summed E-state index contributed by atoms with van der Waals surface area (Å²) in [5.41, 5.74) is 6.58. The molecule has 1 amide bonds. The molecule has 2 rings (SSSR count). The van der Waals surface area contributed by atoms with Crippen LogP contribution in [0, 0.1) is 0 Å². The van der Waals surface area contributed by atoms with Crippen LogP contribution in [0.3, 0.4) is 0 Å². The Morgan fingerprint density at radius 1 is 1.25 bits per heavy atom. The Morgan fingerprint density at radius 3 is 2.17 bits per heavy atom. The number of amides is 1. The maximum absolute atomic E-state index is 10.4. The van der Waals surface area contributed by atoms with Crippen molar-refractivity contribution in [3.05, 3.63) is 66.0 Å². The molecule has 0 aliphatic rings. The van der Waals surface area contributed by atoms with E-state index in [0.717, 1.165) is 5.75 Å². The van der Waals surface area contributed by atoms with E-state index in [-0.39, 0.29) is 0 Å². The summed E-state index contributed by atoms with van der Waals surface area (Å²) in [6.45, 7) is 2.00. The average molecular weight is 352 g/mol. The number of nitrogens with two attached hydrogens (primary N) is 1. The van der Waals surface area contributed by atoms with Crippen LogP contribution in [-0.2, 0) is 11.4 Å². The van der Waals surface area contributed by atoms with Crippen molar-refractivity contribution in [1.29, 1.82) is 0 Å². The number of methoxy groups -OCH3 is 1. The Morgan fingerprint density at radius 2 is 1.83 bits per heavy atom. The monoisotopic (exact) mass is 352 g/mol. The summed E-state index contributed by atoms with van der Waals surface area (Å²) >= 11 is -2.61. The molecule has 2 aromatic rings. The van der Waals surface area contributed by atoms with Gasteiger partial charge in [0.1, 0.15) is 5.75 Å². The van der Waals surface area contributed by atoms with Gasteiger partial charge in [0.05, 0.1) is 12.7 Å². The van der Waals surface area contributed by atoms with Crippen LogP contribution in [0.2, 0.25) is 0 Å². The van der Waals surface area contributed by atoms with Crippen LogP contribution >= 0.6 is 0 Å². The molecule has 0 aliphatic heterocycles. The van der Waals surface area contributed by atoms with E-state index >= 15 is 0 Å². The molecule has 0 saturated heterocycles. The van der Waals surface area contributed by atoms with Crippen LogP contribution in [-0.4, -0.2) is 31.3 Å². The lowest BCUT2D eigenvalue weighted by molar-refractivity contribution is 0.1000. The maximum atomic E-state index is 10.4. The van der Waals surface area contributed by atoms with Gasteiger partial charge in [-0.1, -0.05) is 24.3 Å². The van der Waals surface area contributed by atoms with Crippen LogP contribution in [0.15, 0.2) is 54.9 Å². The normalized spacial score (nSPS) is 9.54. The van der Waals surface area contributed by atoms with Crippen molar-refractivity contribution < 1.29 is 22.8 Å². The molecule has 24 heavy (non-hydrogen) atoms. The first-order chi connectivity index (χ1) is 11.4. The van der Waals surface area contributed by atoms with Gasteiger partial charge in [-0.25, -0.2) is 0 Å².